The van der Waals surface area contributed by atoms with Crippen molar-refractivity contribution in [3.05, 3.63) is 60.2 Å². The van der Waals surface area contributed by atoms with Crippen molar-refractivity contribution in [2.45, 2.75) is 59.0 Å². The number of hydrogen-bond acceptors (Lipinski definition) is 35. The Morgan fingerprint density at radius 2 is 0.473 bits per heavy atom. The van der Waals surface area contributed by atoms with Crippen LogP contribution >= 0.6 is 187 Å². The first-order chi connectivity index (χ1) is 58.2. The summed E-state index contributed by atoms with van der Waals surface area (Å²) in [6, 6.07) is 12.4. The monoisotopic (exact) mass is 2470 g/mol. The molecule has 0 aliphatic carbocycles. The predicted molar refractivity (Wildman–Crippen MR) is 420 cm³/mol. The van der Waals surface area contributed by atoms with Gasteiger partial charge in [0.15, 0.2) is 6.61 Å². The van der Waals surface area contributed by atoms with Crippen LogP contribution in [0.15, 0.2) is 163 Å². The Balaban J connectivity index is 0.000000387. The van der Waals surface area contributed by atoms with Crippen molar-refractivity contribution in [3.8, 4) is 11.5 Å². The molecular formula is C29H47F43N24O11P24. The third kappa shape index (κ3) is 47.5. The Morgan fingerprint density at radius 3 is 0.748 bits per heavy atom. The molecule has 8 aliphatic rings. The number of rotatable bonds is 19. The molecule has 770 valence electrons. The van der Waals surface area contributed by atoms with Crippen LogP contribution in [0, 0.1) is 6.92 Å². The molecule has 0 fully saturated rings. The first-order valence-electron chi connectivity index (χ1n) is 30.3. The lowest BCUT2D eigenvalue weighted by atomic mass is 10.2. The van der Waals surface area contributed by atoms with E-state index in [-0.39, 0.29) is 18.1 Å². The number of alkyl halides is 6. The second kappa shape index (κ2) is 46.1. The SMILES string of the molecule is CC(C)OP1(F)=NP(F)(F)=NP(F)(F)=N1.CCCOP1(F)=NP(F)(F)=NP(F)(F)=N1.COP1(F)=NP(F)(F)=NP(F)(OC)=N1.COP1(F)=NP(F)(OC)=NP(F)(OC)=N1.Cc1ccc(OP2(F)=NP(F)(F)=NP(F)(F)=N2)cc1.FC(F)(F)CCOP1(F)=NP(F)(F)=NP(F)(F)=N1.FC(F)(F)COP1(F)=NP(F)(F)=NP(F)(F)=N1.FP1(F)=NP(F)(F)=NP(F)(Oc2ccccc2)=N1. The number of para-hydroxylation sites is 1. The molecule has 131 heavy (non-hydrogen) atoms. The molecule has 2 aromatic carbocycles. The fourth-order valence-corrected chi connectivity index (χ4v) is 50.5. The molecule has 8 heterocycles. The standard InChI is InChI=1S/C7H7F5N3OP3.C6H5F5N3OP3.C3H4F8N3OP3.2C3H7F5N3OP3.C3H9F3N3O3P3.C2H2F8N3OP3.C2H6F4N3O2P3/c1-6-2-4-7(5-3-6)16-19(12)14-17(8,9)13-18(10,11)15-19;7-16(8)12-17(9,10)14-18(11,13-16)15-6-4-2-1-3-5-6;4-3(5,6)1-2-15-18(11)13-16(7,8)12-17(9,10)14-18;1-3(2)12-15(8)10-13(4,5)9-14(6,7)11-15;1-2-3-12-15(8)10-13(4,5)9-14(6,7)11-15;1-10-13(4)7-14(5,11-2)9-15(6,8-13)12-3;3-2(4,5)1-14-17(10)12-15(6,7)11-16(8,9)13-17;1-10-13(5)7-12(3,4)8-14(6,9-13)11-2/h2-5H,1H3;1-5H;1-2H2;3H,1-2H3;2-3H2,1H3;1-3H3;1H2;1-2H3. The summed E-state index contributed by atoms with van der Waals surface area (Å²) in [7, 11) is -124. The minimum Gasteiger partial charge on any atom is -0.419 e. The molecule has 0 saturated heterocycles. The third-order valence-electron chi connectivity index (χ3n) is 10.4. The third-order valence-corrected chi connectivity index (χ3v) is 57.6. The molecule has 2 aromatic rings. The molecule has 0 saturated carbocycles. The topological polar surface area (TPSA) is 398 Å². The highest BCUT2D eigenvalue weighted by Gasteiger charge is 2.49. The summed E-state index contributed by atoms with van der Waals surface area (Å²) >= 11 is 0. The summed E-state index contributed by atoms with van der Waals surface area (Å²) in [5, 5.41) is 0. The van der Waals surface area contributed by atoms with Gasteiger partial charge < -0.3 is 45.2 Å². The minimum atomic E-state index is -6.02. The maximum absolute atomic E-state index is 13.9. The predicted octanol–water partition coefficient (Wildman–Crippen LogP) is 48.7. The van der Waals surface area contributed by atoms with E-state index in [4.69, 9.17) is 0 Å². The van der Waals surface area contributed by atoms with Crippen LogP contribution in [0.2, 0.25) is 0 Å². The van der Waals surface area contributed by atoms with E-state index in [0.717, 1.165) is 41.1 Å². The zero-order valence-corrected chi connectivity index (χ0v) is 84.5. The highest BCUT2D eigenvalue weighted by Crippen LogP contribution is 2.89. The van der Waals surface area contributed by atoms with Gasteiger partial charge in [-0.05, 0) is 51.5 Å². The molecule has 0 radical (unpaired) electrons. The molecular weight excluding hydrogens is 2420 g/mol. The fourth-order valence-electron chi connectivity index (χ4n) is 6.50. The lowest BCUT2D eigenvalue weighted by molar-refractivity contribution is -0.153. The molecule has 0 N–H and O–H groups in total. The molecule has 102 heteroatoms. The Bertz CT molecular complexity index is 5910. The van der Waals surface area contributed by atoms with Crippen molar-refractivity contribution in [3.63, 3.8) is 0 Å². The average Bonchev–Trinajstić information content (AvgIpc) is 0.770. The minimum absolute atomic E-state index is 0.184. The van der Waals surface area contributed by atoms with Crippen LogP contribution in [0.3, 0.4) is 0 Å². The number of halogens is 43. The van der Waals surface area contributed by atoms with Gasteiger partial charge in [-0.2, -0.15) is 64.1 Å². The second-order valence-corrected chi connectivity index (χ2v) is 64.2. The molecule has 0 bridgehead atoms. The summed E-state index contributed by atoms with van der Waals surface area (Å²) in [6.07, 6.45) is -12.1. The van der Waals surface area contributed by atoms with Gasteiger partial charge in [-0.15, -0.1) is 226 Å². The van der Waals surface area contributed by atoms with Gasteiger partial charge in [0.1, 0.15) is 11.5 Å². The Morgan fingerprint density at radius 1 is 0.252 bits per heavy atom. The Hall–Kier alpha value is 0.190. The molecule has 8 unspecified atom stereocenters. The molecule has 0 spiro atoms. The van der Waals surface area contributed by atoms with Gasteiger partial charge in [0.25, 0.3) is 0 Å². The van der Waals surface area contributed by atoms with Crippen LogP contribution in [0.4, 0.5) is 182 Å². The summed E-state index contributed by atoms with van der Waals surface area (Å²) in [6.45, 7) is 1.90. The van der Waals surface area contributed by atoms with Crippen molar-refractivity contribution in [2.75, 3.05) is 55.4 Å². The van der Waals surface area contributed by atoms with Crippen LogP contribution < -0.4 is 9.05 Å². The zero-order valence-electron chi connectivity index (χ0n) is 63.0. The van der Waals surface area contributed by atoms with Gasteiger partial charge in [-0.3, -0.25) is 4.52 Å². The number of hydrogen-bond donors (Lipinski definition) is 0. The summed E-state index contributed by atoms with van der Waals surface area (Å²) in [4.78, 5) is 0. The first kappa shape index (κ1) is 125. The van der Waals surface area contributed by atoms with E-state index >= 15 is 0 Å². The normalized spacial score (nSPS) is 33.1. The van der Waals surface area contributed by atoms with Gasteiger partial charge >= 0.3 is 199 Å². The number of aryl methyl sites for hydroxylation is 1. The van der Waals surface area contributed by atoms with Crippen LogP contribution in [0.1, 0.15) is 39.2 Å². The van der Waals surface area contributed by atoms with Crippen LogP contribution in [0.5, 0.6) is 11.5 Å². The number of nitrogens with zero attached hydrogens (tertiary/aromatic N) is 24. The quantitative estimate of drug-likeness (QED) is 0.0939. The van der Waals surface area contributed by atoms with Crippen LogP contribution in [0.25, 0.3) is 0 Å². The van der Waals surface area contributed by atoms with Gasteiger partial charge in [0.05, 0.1) is 25.7 Å². The largest absolute Gasteiger partial charge is 0.441 e. The van der Waals surface area contributed by atoms with Crippen molar-refractivity contribution >= 4 is 187 Å². The average molecular weight is 2470 g/mol. The van der Waals surface area contributed by atoms with Crippen LogP contribution in [-0.2, 0) is 40.7 Å². The molecule has 0 aromatic heterocycles. The summed E-state index contributed by atoms with van der Waals surface area (Å²) in [5.41, 5.74) is 0.807. The van der Waals surface area contributed by atoms with Crippen molar-refractivity contribution < 1.29 is 231 Å². The molecule has 35 nitrogen and oxygen atoms in total. The van der Waals surface area contributed by atoms with Crippen molar-refractivity contribution in [1.29, 1.82) is 0 Å². The lowest BCUT2D eigenvalue weighted by Gasteiger charge is -2.20. The van der Waals surface area contributed by atoms with E-state index in [0.29, 0.717) is 6.42 Å². The lowest BCUT2D eigenvalue weighted by Crippen LogP contribution is -2.15. The maximum Gasteiger partial charge on any atom is 0.441 e. The molecule has 0 amide bonds. The smallest absolute Gasteiger partial charge is 0.419 e. The Labute approximate surface area is 710 Å². The van der Waals surface area contributed by atoms with E-state index < -0.39 is 225 Å². The summed E-state index contributed by atoms with van der Waals surface area (Å²) in [5.74, 6) is -0.376. The van der Waals surface area contributed by atoms with Gasteiger partial charge in [-0.25, -0.2) is 0 Å². The van der Waals surface area contributed by atoms with Crippen molar-refractivity contribution in [1.82, 2.24) is 0 Å². The fraction of sp³-hybridized carbons (Fsp3) is 0.586. The van der Waals surface area contributed by atoms with E-state index in [2.05, 4.69) is 113 Å². The Kier molecular flexibility index (Phi) is 44.1. The van der Waals surface area contributed by atoms with Gasteiger partial charge in [-0.1, -0.05) is 42.8 Å². The van der Waals surface area contributed by atoms with E-state index in [1.165, 1.54) is 62.4 Å². The zero-order chi connectivity index (χ0) is 102. The van der Waals surface area contributed by atoms with E-state index in [9.17, 15) is 182 Å². The van der Waals surface area contributed by atoms with Crippen LogP contribution in [-0.4, -0.2) is 73.8 Å². The number of benzene rings is 2. The second-order valence-electron chi connectivity index (χ2n) is 21.6. The molecule has 8 aliphatic heterocycles. The van der Waals surface area contributed by atoms with Crippen molar-refractivity contribution in [2.24, 2.45) is 108 Å². The van der Waals surface area contributed by atoms with E-state index in [1.807, 2.05) is 36.1 Å². The summed E-state index contributed by atoms with van der Waals surface area (Å²) < 4.78 is 647. The highest BCUT2D eigenvalue weighted by atomic mass is 31.3. The van der Waals surface area contributed by atoms with Gasteiger partial charge in [0, 0.05) is 35.5 Å². The first-order valence-corrected chi connectivity index (χ1v) is 66.1. The van der Waals surface area contributed by atoms with Gasteiger partial charge in [0.2, 0.25) is 0 Å². The highest BCUT2D eigenvalue weighted by molar-refractivity contribution is 7.82. The van der Waals surface area contributed by atoms with E-state index in [1.54, 1.807) is 28.9 Å². The molecule has 10 rings (SSSR count). The molecule has 8 atom stereocenters. The maximum atomic E-state index is 13.9.